The third kappa shape index (κ3) is 3.38. The van der Waals surface area contributed by atoms with Crippen molar-refractivity contribution in [2.24, 2.45) is 5.10 Å². The maximum absolute atomic E-state index is 6.21. The minimum atomic E-state index is 0.430. The first-order valence-electron chi connectivity index (χ1n) is 6.73. The van der Waals surface area contributed by atoms with Crippen LogP contribution in [0.4, 0.5) is 5.69 Å². The Balaban J connectivity index is 1.83. The Morgan fingerprint density at radius 3 is 2.59 bits per heavy atom. The molecule has 0 unspecified atom stereocenters. The molecule has 1 aromatic heterocycles. The Labute approximate surface area is 138 Å². The predicted molar refractivity (Wildman–Crippen MR) is 94.2 cm³/mol. The van der Waals surface area contributed by atoms with Crippen LogP contribution in [0, 0.1) is 6.92 Å². The van der Waals surface area contributed by atoms with E-state index in [-0.39, 0.29) is 0 Å². The Kier molecular flexibility index (Phi) is 4.27. The molecule has 0 fully saturated rings. The van der Waals surface area contributed by atoms with Gasteiger partial charge in [0.1, 0.15) is 5.15 Å². The van der Waals surface area contributed by atoms with Crippen molar-refractivity contribution in [2.45, 2.75) is 6.92 Å². The van der Waals surface area contributed by atoms with Gasteiger partial charge in [-0.15, -0.1) is 0 Å². The monoisotopic (exact) mass is 329 g/mol. The molecular formula is C17H13Cl2N3. The van der Waals surface area contributed by atoms with Gasteiger partial charge in [0.15, 0.2) is 0 Å². The molecule has 0 aliphatic heterocycles. The average molecular weight is 330 g/mol. The van der Waals surface area contributed by atoms with E-state index in [9.17, 15) is 0 Å². The summed E-state index contributed by atoms with van der Waals surface area (Å²) in [5, 5.41) is 6.33. The van der Waals surface area contributed by atoms with Gasteiger partial charge in [-0.3, -0.25) is 5.43 Å². The molecule has 1 N–H and O–H groups in total. The number of nitrogens with zero attached hydrogens (tertiary/aromatic N) is 2. The number of halogens is 2. The Hall–Kier alpha value is -2.10. The van der Waals surface area contributed by atoms with Crippen LogP contribution < -0.4 is 5.43 Å². The van der Waals surface area contributed by atoms with Gasteiger partial charge in [0.25, 0.3) is 0 Å². The highest BCUT2D eigenvalue weighted by molar-refractivity contribution is 6.32. The zero-order chi connectivity index (χ0) is 15.5. The molecule has 2 aromatic carbocycles. The van der Waals surface area contributed by atoms with Crippen molar-refractivity contribution in [1.29, 1.82) is 0 Å². The third-order valence-electron chi connectivity index (χ3n) is 3.20. The fourth-order valence-electron chi connectivity index (χ4n) is 2.06. The topological polar surface area (TPSA) is 37.3 Å². The van der Waals surface area contributed by atoms with Crippen LogP contribution in [0.3, 0.4) is 0 Å². The summed E-state index contributed by atoms with van der Waals surface area (Å²) in [6, 6.07) is 15.3. The first kappa shape index (κ1) is 14.8. The van der Waals surface area contributed by atoms with Crippen molar-refractivity contribution < 1.29 is 0 Å². The Bertz CT molecular complexity index is 842. The molecule has 0 saturated carbocycles. The number of aromatic nitrogens is 1. The van der Waals surface area contributed by atoms with Crippen molar-refractivity contribution in [3.63, 3.8) is 0 Å². The SMILES string of the molecule is Cc1ccc2cc(/C=N\Nc3ccc(Cl)cc3)c(Cl)nc2c1. The molecule has 0 atom stereocenters. The van der Waals surface area contributed by atoms with Gasteiger partial charge in [-0.1, -0.05) is 35.3 Å². The summed E-state index contributed by atoms with van der Waals surface area (Å²) >= 11 is 12.0. The molecule has 0 radical (unpaired) electrons. The number of pyridine rings is 1. The van der Waals surface area contributed by atoms with E-state index in [1.54, 1.807) is 18.3 Å². The summed E-state index contributed by atoms with van der Waals surface area (Å²) in [5.41, 5.74) is 6.58. The molecule has 3 rings (SSSR count). The zero-order valence-corrected chi connectivity index (χ0v) is 13.4. The number of benzene rings is 2. The van der Waals surface area contributed by atoms with E-state index >= 15 is 0 Å². The van der Waals surface area contributed by atoms with Crippen LogP contribution in [0.5, 0.6) is 0 Å². The zero-order valence-electron chi connectivity index (χ0n) is 11.8. The molecule has 0 aliphatic carbocycles. The molecule has 3 nitrogen and oxygen atoms in total. The average Bonchev–Trinajstić information content (AvgIpc) is 2.50. The summed E-state index contributed by atoms with van der Waals surface area (Å²) in [5.74, 6) is 0. The second-order valence-corrected chi connectivity index (χ2v) is 5.74. The van der Waals surface area contributed by atoms with Gasteiger partial charge in [-0.05, 0) is 48.9 Å². The lowest BCUT2D eigenvalue weighted by Crippen LogP contribution is -1.93. The van der Waals surface area contributed by atoms with E-state index in [1.807, 2.05) is 43.3 Å². The molecule has 22 heavy (non-hydrogen) atoms. The minimum Gasteiger partial charge on any atom is -0.279 e. The number of fused-ring (bicyclic) bond motifs is 1. The molecule has 110 valence electrons. The molecule has 1 heterocycles. The lowest BCUT2D eigenvalue weighted by molar-refractivity contribution is 1.33. The van der Waals surface area contributed by atoms with Crippen LogP contribution >= 0.6 is 23.2 Å². The normalized spacial score (nSPS) is 11.2. The lowest BCUT2D eigenvalue weighted by atomic mass is 10.1. The summed E-state index contributed by atoms with van der Waals surface area (Å²) in [4.78, 5) is 4.40. The molecular weight excluding hydrogens is 317 g/mol. The van der Waals surface area contributed by atoms with Crippen LogP contribution in [0.15, 0.2) is 53.6 Å². The van der Waals surface area contributed by atoms with Crippen molar-refractivity contribution >= 4 is 46.0 Å². The molecule has 0 saturated heterocycles. The fourth-order valence-corrected chi connectivity index (χ4v) is 2.38. The number of aryl methyl sites for hydroxylation is 1. The lowest BCUT2D eigenvalue weighted by Gasteiger charge is -2.03. The maximum atomic E-state index is 6.21. The van der Waals surface area contributed by atoms with Crippen LogP contribution in [0.25, 0.3) is 10.9 Å². The summed E-state index contributed by atoms with van der Waals surface area (Å²) in [6.45, 7) is 2.03. The van der Waals surface area contributed by atoms with Gasteiger partial charge in [0.2, 0.25) is 0 Å². The Morgan fingerprint density at radius 1 is 1.05 bits per heavy atom. The third-order valence-corrected chi connectivity index (χ3v) is 3.75. The number of anilines is 1. The van der Waals surface area contributed by atoms with Crippen LogP contribution in [-0.4, -0.2) is 11.2 Å². The summed E-state index contributed by atoms with van der Waals surface area (Å²) < 4.78 is 0. The smallest absolute Gasteiger partial charge is 0.138 e. The Morgan fingerprint density at radius 2 is 1.82 bits per heavy atom. The number of nitrogens with one attached hydrogen (secondary N) is 1. The van der Waals surface area contributed by atoms with Crippen molar-refractivity contribution in [3.05, 3.63) is 69.8 Å². The number of hydrogen-bond donors (Lipinski definition) is 1. The van der Waals surface area contributed by atoms with E-state index in [0.717, 1.165) is 27.7 Å². The predicted octanol–water partition coefficient (Wildman–Crippen LogP) is 5.30. The highest BCUT2D eigenvalue weighted by Gasteiger charge is 2.03. The fraction of sp³-hybridized carbons (Fsp3) is 0.0588. The highest BCUT2D eigenvalue weighted by atomic mass is 35.5. The quantitative estimate of drug-likeness (QED) is 0.402. The second-order valence-electron chi connectivity index (χ2n) is 4.94. The molecule has 0 spiro atoms. The maximum Gasteiger partial charge on any atom is 0.138 e. The molecule has 0 bridgehead atoms. The van der Waals surface area contributed by atoms with Gasteiger partial charge < -0.3 is 0 Å². The molecule has 5 heteroatoms. The van der Waals surface area contributed by atoms with E-state index in [0.29, 0.717) is 10.2 Å². The van der Waals surface area contributed by atoms with Gasteiger partial charge in [-0.2, -0.15) is 5.10 Å². The first-order chi connectivity index (χ1) is 10.6. The first-order valence-corrected chi connectivity index (χ1v) is 7.49. The molecule has 0 amide bonds. The van der Waals surface area contributed by atoms with Crippen LogP contribution in [0.2, 0.25) is 10.2 Å². The van der Waals surface area contributed by atoms with E-state index in [2.05, 4.69) is 15.5 Å². The van der Waals surface area contributed by atoms with Crippen LogP contribution in [-0.2, 0) is 0 Å². The van der Waals surface area contributed by atoms with Gasteiger partial charge in [0, 0.05) is 16.0 Å². The second kappa shape index (κ2) is 6.34. The van der Waals surface area contributed by atoms with E-state index in [4.69, 9.17) is 23.2 Å². The van der Waals surface area contributed by atoms with Gasteiger partial charge in [-0.25, -0.2) is 4.98 Å². The molecule has 0 aliphatic rings. The minimum absolute atomic E-state index is 0.430. The van der Waals surface area contributed by atoms with Crippen LogP contribution in [0.1, 0.15) is 11.1 Å². The van der Waals surface area contributed by atoms with Gasteiger partial charge in [0.05, 0.1) is 17.4 Å². The van der Waals surface area contributed by atoms with Crippen molar-refractivity contribution in [2.75, 3.05) is 5.43 Å². The van der Waals surface area contributed by atoms with Crippen molar-refractivity contribution in [1.82, 2.24) is 4.98 Å². The van der Waals surface area contributed by atoms with Crippen molar-refractivity contribution in [3.8, 4) is 0 Å². The standard InChI is InChI=1S/C17H13Cl2N3/c1-11-2-3-12-9-13(17(19)21-16(12)8-11)10-20-22-15-6-4-14(18)5-7-15/h2-10,22H,1H3/b20-10-. The number of hydrazone groups is 1. The number of hydrogen-bond acceptors (Lipinski definition) is 3. The van der Waals surface area contributed by atoms with E-state index < -0.39 is 0 Å². The summed E-state index contributed by atoms with van der Waals surface area (Å²) in [6.07, 6.45) is 1.66. The van der Waals surface area contributed by atoms with E-state index in [1.165, 1.54) is 0 Å². The van der Waals surface area contributed by atoms with Gasteiger partial charge >= 0.3 is 0 Å². The number of rotatable bonds is 3. The largest absolute Gasteiger partial charge is 0.279 e. The highest BCUT2D eigenvalue weighted by Crippen LogP contribution is 2.20. The molecule has 3 aromatic rings. The summed E-state index contributed by atoms with van der Waals surface area (Å²) in [7, 11) is 0.